The summed E-state index contributed by atoms with van der Waals surface area (Å²) in [6.45, 7) is 5.79. The molecule has 3 aromatic rings. The Morgan fingerprint density at radius 1 is 1.24 bits per heavy atom. The average molecular weight is 428 g/mol. The standard InChI is InChI=1S/C22H25N3O2S2/c1-14-9-11-25(12-10-14)20(26)15(2)28-22-23-19-17(21(27)24(22)3)13-18(29-19)16-7-5-4-6-8-16/h4-8,13-15H,9-12H2,1-3H3. The maximum Gasteiger partial charge on any atom is 0.262 e. The number of piperidine rings is 1. The molecule has 1 aliphatic heterocycles. The molecule has 0 saturated carbocycles. The Morgan fingerprint density at radius 3 is 2.62 bits per heavy atom. The van der Waals surface area contributed by atoms with Crippen LogP contribution in [0.1, 0.15) is 26.7 Å². The monoisotopic (exact) mass is 427 g/mol. The van der Waals surface area contributed by atoms with Crippen molar-refractivity contribution in [3.63, 3.8) is 0 Å². The zero-order valence-corrected chi connectivity index (χ0v) is 18.6. The lowest BCUT2D eigenvalue weighted by Crippen LogP contribution is -2.41. The maximum absolute atomic E-state index is 12.9. The first-order chi connectivity index (χ1) is 13.9. The average Bonchev–Trinajstić information content (AvgIpc) is 3.17. The van der Waals surface area contributed by atoms with E-state index < -0.39 is 0 Å². The number of rotatable bonds is 4. The normalized spacial score (nSPS) is 16.3. The summed E-state index contributed by atoms with van der Waals surface area (Å²) in [7, 11) is 1.73. The first-order valence-electron chi connectivity index (χ1n) is 9.95. The van der Waals surface area contributed by atoms with E-state index in [1.807, 2.05) is 48.2 Å². The molecule has 0 spiro atoms. The lowest BCUT2D eigenvalue weighted by molar-refractivity contribution is -0.131. The number of hydrogen-bond acceptors (Lipinski definition) is 5. The van der Waals surface area contributed by atoms with E-state index in [0.717, 1.165) is 41.2 Å². The number of thioether (sulfide) groups is 1. The summed E-state index contributed by atoms with van der Waals surface area (Å²) in [4.78, 5) is 34.2. The number of thiophene rings is 1. The second kappa shape index (κ2) is 8.32. The van der Waals surface area contributed by atoms with Crippen LogP contribution in [-0.4, -0.2) is 38.7 Å². The molecule has 1 unspecified atom stereocenters. The topological polar surface area (TPSA) is 55.2 Å². The van der Waals surface area contributed by atoms with Gasteiger partial charge >= 0.3 is 0 Å². The summed E-state index contributed by atoms with van der Waals surface area (Å²) in [5.41, 5.74) is 1.01. The smallest absolute Gasteiger partial charge is 0.262 e. The molecule has 3 heterocycles. The van der Waals surface area contributed by atoms with Crippen LogP contribution in [0.3, 0.4) is 0 Å². The highest BCUT2D eigenvalue weighted by Crippen LogP contribution is 2.33. The van der Waals surface area contributed by atoms with Gasteiger partial charge in [-0.2, -0.15) is 0 Å². The zero-order chi connectivity index (χ0) is 20.5. The van der Waals surface area contributed by atoms with Crippen molar-refractivity contribution in [3.8, 4) is 10.4 Å². The van der Waals surface area contributed by atoms with Crippen molar-refractivity contribution >= 4 is 39.2 Å². The number of amides is 1. The molecule has 1 fully saturated rings. The Morgan fingerprint density at radius 2 is 1.93 bits per heavy atom. The SMILES string of the molecule is CC1CCN(C(=O)C(C)Sc2nc3sc(-c4ccccc4)cc3c(=O)n2C)CC1. The Hall–Kier alpha value is -2.12. The van der Waals surface area contributed by atoms with Gasteiger partial charge in [0, 0.05) is 25.0 Å². The van der Waals surface area contributed by atoms with Crippen LogP contribution < -0.4 is 5.56 Å². The van der Waals surface area contributed by atoms with Gasteiger partial charge in [0.15, 0.2) is 5.16 Å². The molecule has 0 N–H and O–H groups in total. The van der Waals surface area contributed by atoms with E-state index in [4.69, 9.17) is 4.98 Å². The van der Waals surface area contributed by atoms with Crippen molar-refractivity contribution in [2.75, 3.05) is 13.1 Å². The summed E-state index contributed by atoms with van der Waals surface area (Å²) < 4.78 is 1.57. The van der Waals surface area contributed by atoms with Gasteiger partial charge in [-0.3, -0.25) is 14.2 Å². The van der Waals surface area contributed by atoms with E-state index in [2.05, 4.69) is 6.92 Å². The number of fused-ring (bicyclic) bond motifs is 1. The predicted molar refractivity (Wildman–Crippen MR) is 121 cm³/mol. The number of carbonyl (C=O) groups is 1. The van der Waals surface area contributed by atoms with Gasteiger partial charge in [-0.1, -0.05) is 49.0 Å². The highest BCUT2D eigenvalue weighted by Gasteiger charge is 2.26. The number of hydrogen-bond donors (Lipinski definition) is 0. The molecule has 1 amide bonds. The van der Waals surface area contributed by atoms with E-state index in [0.29, 0.717) is 16.5 Å². The minimum absolute atomic E-state index is 0.0672. The van der Waals surface area contributed by atoms with Crippen molar-refractivity contribution < 1.29 is 4.79 Å². The predicted octanol–water partition coefficient (Wildman–Crippen LogP) is 4.40. The van der Waals surface area contributed by atoms with Gasteiger partial charge in [-0.25, -0.2) is 4.98 Å². The fraction of sp³-hybridized carbons (Fsp3) is 0.409. The molecule has 4 rings (SSSR count). The van der Waals surface area contributed by atoms with Crippen LogP contribution in [-0.2, 0) is 11.8 Å². The van der Waals surface area contributed by atoms with Crippen LogP contribution in [0.2, 0.25) is 0 Å². The highest BCUT2D eigenvalue weighted by atomic mass is 32.2. The second-order valence-corrected chi connectivity index (χ2v) is 10.1. The fourth-order valence-electron chi connectivity index (χ4n) is 3.59. The molecule has 152 valence electrons. The molecule has 0 bridgehead atoms. The summed E-state index contributed by atoms with van der Waals surface area (Å²) in [5, 5.41) is 0.951. The van der Waals surface area contributed by atoms with E-state index in [1.165, 1.54) is 23.1 Å². The molecule has 2 aromatic heterocycles. The minimum Gasteiger partial charge on any atom is -0.342 e. The number of likely N-dealkylation sites (tertiary alicyclic amines) is 1. The fourth-order valence-corrected chi connectivity index (χ4v) is 5.63. The van der Waals surface area contributed by atoms with Gasteiger partial charge in [-0.15, -0.1) is 11.3 Å². The van der Waals surface area contributed by atoms with Crippen LogP contribution in [0, 0.1) is 5.92 Å². The molecule has 1 atom stereocenters. The number of nitrogens with zero attached hydrogens (tertiary/aromatic N) is 3. The van der Waals surface area contributed by atoms with E-state index in [-0.39, 0.29) is 16.7 Å². The van der Waals surface area contributed by atoms with Gasteiger partial charge in [0.25, 0.3) is 5.56 Å². The zero-order valence-electron chi connectivity index (χ0n) is 16.9. The molecule has 7 heteroatoms. The minimum atomic E-state index is -0.271. The van der Waals surface area contributed by atoms with Crippen molar-refractivity contribution in [2.45, 2.75) is 37.1 Å². The van der Waals surface area contributed by atoms with Gasteiger partial charge in [-0.05, 0) is 37.3 Å². The molecule has 0 radical (unpaired) electrons. The van der Waals surface area contributed by atoms with Gasteiger partial charge in [0.1, 0.15) is 4.83 Å². The van der Waals surface area contributed by atoms with Crippen LogP contribution >= 0.6 is 23.1 Å². The summed E-state index contributed by atoms with van der Waals surface area (Å²) in [5.74, 6) is 0.817. The maximum atomic E-state index is 12.9. The van der Waals surface area contributed by atoms with Crippen LogP contribution in [0.25, 0.3) is 20.7 Å². The first kappa shape index (κ1) is 20.2. The Labute approximate surface area is 178 Å². The molecule has 1 saturated heterocycles. The largest absolute Gasteiger partial charge is 0.342 e. The molecule has 1 aromatic carbocycles. The Kier molecular flexibility index (Phi) is 5.79. The molecule has 29 heavy (non-hydrogen) atoms. The summed E-state index contributed by atoms with van der Waals surface area (Å²) in [6.07, 6.45) is 2.12. The van der Waals surface area contributed by atoms with Crippen molar-refractivity contribution in [3.05, 3.63) is 46.8 Å². The molecule has 1 aliphatic rings. The van der Waals surface area contributed by atoms with Crippen LogP contribution in [0.4, 0.5) is 0 Å². The van der Waals surface area contributed by atoms with Gasteiger partial charge in [0.2, 0.25) is 5.91 Å². The highest BCUT2D eigenvalue weighted by molar-refractivity contribution is 8.00. The molecule has 5 nitrogen and oxygen atoms in total. The summed E-state index contributed by atoms with van der Waals surface area (Å²) in [6, 6.07) is 11.9. The number of carbonyl (C=O) groups excluding carboxylic acids is 1. The quantitative estimate of drug-likeness (QED) is 0.457. The molecular weight excluding hydrogens is 402 g/mol. The van der Waals surface area contributed by atoms with Crippen LogP contribution in [0.5, 0.6) is 0 Å². The van der Waals surface area contributed by atoms with Gasteiger partial charge in [0.05, 0.1) is 10.6 Å². The lowest BCUT2D eigenvalue weighted by atomic mass is 9.99. The van der Waals surface area contributed by atoms with Gasteiger partial charge < -0.3 is 4.90 Å². The third kappa shape index (κ3) is 4.12. The van der Waals surface area contributed by atoms with Crippen molar-refractivity contribution in [2.24, 2.45) is 13.0 Å². The van der Waals surface area contributed by atoms with E-state index in [1.54, 1.807) is 11.6 Å². The first-order valence-corrected chi connectivity index (χ1v) is 11.6. The lowest BCUT2D eigenvalue weighted by Gasteiger charge is -2.32. The molecular formula is C22H25N3O2S2. The van der Waals surface area contributed by atoms with Crippen LogP contribution in [0.15, 0.2) is 46.3 Å². The Balaban J connectivity index is 1.60. The third-order valence-corrected chi connectivity index (χ3v) is 7.72. The summed E-state index contributed by atoms with van der Waals surface area (Å²) >= 11 is 2.89. The number of benzene rings is 1. The van der Waals surface area contributed by atoms with E-state index in [9.17, 15) is 9.59 Å². The molecule has 0 aliphatic carbocycles. The second-order valence-electron chi connectivity index (χ2n) is 7.72. The number of aromatic nitrogens is 2. The van der Waals surface area contributed by atoms with Crippen molar-refractivity contribution in [1.29, 1.82) is 0 Å². The third-order valence-electron chi connectivity index (χ3n) is 5.52. The van der Waals surface area contributed by atoms with E-state index >= 15 is 0 Å². The van der Waals surface area contributed by atoms with Crippen molar-refractivity contribution in [1.82, 2.24) is 14.5 Å². The Bertz CT molecular complexity index is 1080.